The number of fused-ring (bicyclic) bond motifs is 1. The summed E-state index contributed by atoms with van der Waals surface area (Å²) < 4.78 is 11.2. The van der Waals surface area contributed by atoms with Gasteiger partial charge in [0.1, 0.15) is 11.5 Å². The molecular formula is C22H19N3O4. The van der Waals surface area contributed by atoms with E-state index in [1.807, 2.05) is 31.2 Å². The Balaban J connectivity index is 1.53. The monoisotopic (exact) mass is 389 g/mol. The molecule has 0 atom stereocenters. The highest BCUT2D eigenvalue weighted by molar-refractivity contribution is 5.93. The summed E-state index contributed by atoms with van der Waals surface area (Å²) in [7, 11) is 0. The van der Waals surface area contributed by atoms with Gasteiger partial charge in [-0.3, -0.25) is 4.79 Å². The highest BCUT2D eigenvalue weighted by atomic mass is 16.5. The number of carbonyl (C=O) groups excluding carboxylic acids is 1. The molecule has 4 aromatic rings. The minimum Gasteiger partial charge on any atom is -0.507 e. The van der Waals surface area contributed by atoms with Gasteiger partial charge in [-0.1, -0.05) is 17.7 Å². The number of ether oxygens (including phenoxy) is 1. The number of nitrogens with zero attached hydrogens (tertiary/aromatic N) is 2. The van der Waals surface area contributed by atoms with E-state index in [0.717, 1.165) is 5.56 Å². The van der Waals surface area contributed by atoms with Crippen molar-refractivity contribution in [3.8, 4) is 23.0 Å². The van der Waals surface area contributed by atoms with E-state index in [4.69, 9.17) is 9.15 Å². The van der Waals surface area contributed by atoms with Crippen molar-refractivity contribution in [2.45, 2.75) is 13.8 Å². The van der Waals surface area contributed by atoms with Gasteiger partial charge in [0.15, 0.2) is 17.8 Å². The smallest absolute Gasteiger partial charge is 0.262 e. The number of aromatic nitrogens is 2. The Morgan fingerprint density at radius 1 is 1.17 bits per heavy atom. The summed E-state index contributed by atoms with van der Waals surface area (Å²) in [5, 5.41) is 13.2. The molecule has 1 amide bonds. The highest BCUT2D eigenvalue weighted by Gasteiger charge is 2.17. The predicted octanol–water partition coefficient (Wildman–Crippen LogP) is 4.23. The summed E-state index contributed by atoms with van der Waals surface area (Å²) in [5.74, 6) is 0.560. The van der Waals surface area contributed by atoms with E-state index in [1.165, 1.54) is 0 Å². The number of nitrogens with one attached hydrogen (secondary N) is 1. The lowest BCUT2D eigenvalue weighted by Crippen LogP contribution is -2.20. The summed E-state index contributed by atoms with van der Waals surface area (Å²) in [6.45, 7) is 3.58. The second-order valence-corrected chi connectivity index (χ2v) is 6.68. The molecule has 7 nitrogen and oxygen atoms in total. The van der Waals surface area contributed by atoms with Crippen LogP contribution in [0.25, 0.3) is 22.7 Å². The first-order valence-electron chi connectivity index (χ1n) is 9.04. The number of benzene rings is 2. The summed E-state index contributed by atoms with van der Waals surface area (Å²) >= 11 is 0. The Bertz CT molecular complexity index is 1150. The second-order valence-electron chi connectivity index (χ2n) is 6.68. The number of hydrogen-bond acceptors (Lipinski definition) is 6. The van der Waals surface area contributed by atoms with E-state index in [0.29, 0.717) is 33.8 Å². The number of aromatic hydroxyl groups is 1. The van der Waals surface area contributed by atoms with Crippen LogP contribution in [0.4, 0.5) is 5.69 Å². The van der Waals surface area contributed by atoms with Crippen LogP contribution in [0.15, 0.2) is 59.1 Å². The van der Waals surface area contributed by atoms with Crippen molar-refractivity contribution in [3.05, 3.63) is 65.9 Å². The van der Waals surface area contributed by atoms with E-state index in [2.05, 4.69) is 15.3 Å². The Hall–Kier alpha value is -3.87. The number of anilines is 1. The van der Waals surface area contributed by atoms with E-state index in [1.54, 1.807) is 37.4 Å². The maximum Gasteiger partial charge on any atom is 0.262 e. The highest BCUT2D eigenvalue weighted by Crippen LogP contribution is 2.35. The molecule has 0 fully saturated rings. The van der Waals surface area contributed by atoms with Gasteiger partial charge in [-0.2, -0.15) is 4.98 Å². The fourth-order valence-corrected chi connectivity index (χ4v) is 2.88. The van der Waals surface area contributed by atoms with Crippen molar-refractivity contribution in [1.82, 2.24) is 9.97 Å². The fourth-order valence-electron chi connectivity index (χ4n) is 2.88. The number of carbonyl (C=O) groups is 1. The van der Waals surface area contributed by atoms with Crippen molar-refractivity contribution < 1.29 is 19.1 Å². The molecule has 2 aromatic carbocycles. The molecule has 0 saturated heterocycles. The normalized spacial score (nSPS) is 10.8. The Labute approximate surface area is 167 Å². The van der Waals surface area contributed by atoms with Gasteiger partial charge < -0.3 is 19.6 Å². The number of aryl methyl sites for hydroxylation is 2. The third-order valence-corrected chi connectivity index (χ3v) is 4.37. The molecule has 0 saturated carbocycles. The average molecular weight is 389 g/mol. The van der Waals surface area contributed by atoms with Crippen LogP contribution in [-0.2, 0) is 4.79 Å². The molecule has 2 aromatic heterocycles. The zero-order chi connectivity index (χ0) is 20.4. The zero-order valence-corrected chi connectivity index (χ0v) is 16.0. The lowest BCUT2D eigenvalue weighted by molar-refractivity contribution is -0.118. The Morgan fingerprint density at radius 3 is 2.72 bits per heavy atom. The molecule has 146 valence electrons. The first kappa shape index (κ1) is 18.5. The summed E-state index contributed by atoms with van der Waals surface area (Å²) in [6, 6.07) is 14.2. The van der Waals surface area contributed by atoms with Crippen LogP contribution >= 0.6 is 0 Å². The van der Waals surface area contributed by atoms with Gasteiger partial charge in [-0.05, 0) is 55.8 Å². The maximum absolute atomic E-state index is 12.3. The number of phenols is 1. The van der Waals surface area contributed by atoms with Crippen LogP contribution in [0.3, 0.4) is 0 Å². The molecule has 0 radical (unpaired) electrons. The predicted molar refractivity (Wildman–Crippen MR) is 109 cm³/mol. The zero-order valence-electron chi connectivity index (χ0n) is 16.0. The van der Waals surface area contributed by atoms with Gasteiger partial charge in [0.05, 0.1) is 5.56 Å². The van der Waals surface area contributed by atoms with Crippen LogP contribution < -0.4 is 10.1 Å². The van der Waals surface area contributed by atoms with Gasteiger partial charge in [0, 0.05) is 11.9 Å². The number of hydrogen-bond donors (Lipinski definition) is 2. The molecule has 7 heteroatoms. The van der Waals surface area contributed by atoms with Crippen LogP contribution in [0.1, 0.15) is 11.1 Å². The second kappa shape index (κ2) is 7.63. The third-order valence-electron chi connectivity index (χ3n) is 4.37. The fraction of sp³-hybridized carbons (Fsp3) is 0.136. The first-order chi connectivity index (χ1) is 14.0. The van der Waals surface area contributed by atoms with Crippen molar-refractivity contribution in [3.63, 3.8) is 0 Å². The van der Waals surface area contributed by atoms with Crippen molar-refractivity contribution in [2.24, 2.45) is 0 Å². The maximum atomic E-state index is 12.3. The summed E-state index contributed by atoms with van der Waals surface area (Å²) in [4.78, 5) is 20.7. The molecule has 0 aliphatic heterocycles. The van der Waals surface area contributed by atoms with Crippen LogP contribution in [0, 0.1) is 13.8 Å². The molecule has 0 bridgehead atoms. The molecule has 0 spiro atoms. The lowest BCUT2D eigenvalue weighted by atomic mass is 10.1. The van der Waals surface area contributed by atoms with Gasteiger partial charge in [0.25, 0.3) is 5.91 Å². The van der Waals surface area contributed by atoms with E-state index in [9.17, 15) is 9.90 Å². The average Bonchev–Trinajstić information content (AvgIpc) is 3.14. The van der Waals surface area contributed by atoms with Crippen LogP contribution in [0.2, 0.25) is 0 Å². The molecule has 2 N–H and O–H groups in total. The standard InChI is InChI=1S/C22H19N3O4/c1-13-5-7-16(8-6-13)28-12-19(26)24-15-10-14(2)20(27)17(11-15)22-25-21-18(29-22)4-3-9-23-21/h3-11,27H,12H2,1-2H3,(H,24,26). The molecule has 2 heterocycles. The van der Waals surface area contributed by atoms with Gasteiger partial charge in [0.2, 0.25) is 5.89 Å². The summed E-state index contributed by atoms with van der Waals surface area (Å²) in [5.41, 5.74) is 3.53. The number of oxazole rings is 1. The third kappa shape index (κ3) is 4.03. The molecule has 29 heavy (non-hydrogen) atoms. The number of rotatable bonds is 5. The first-order valence-corrected chi connectivity index (χ1v) is 9.04. The molecule has 4 rings (SSSR count). The Kier molecular flexibility index (Phi) is 4.87. The van der Waals surface area contributed by atoms with Crippen molar-refractivity contribution >= 4 is 22.8 Å². The van der Waals surface area contributed by atoms with E-state index < -0.39 is 0 Å². The number of amides is 1. The SMILES string of the molecule is Cc1ccc(OCC(=O)Nc2cc(C)c(O)c(-c3nc4ncccc4o3)c2)cc1. The lowest BCUT2D eigenvalue weighted by Gasteiger charge is -2.11. The largest absolute Gasteiger partial charge is 0.507 e. The van der Waals surface area contributed by atoms with E-state index in [-0.39, 0.29) is 24.2 Å². The van der Waals surface area contributed by atoms with Crippen molar-refractivity contribution in [1.29, 1.82) is 0 Å². The topological polar surface area (TPSA) is 97.5 Å². The minimum atomic E-state index is -0.319. The Morgan fingerprint density at radius 2 is 1.97 bits per heavy atom. The van der Waals surface area contributed by atoms with Crippen molar-refractivity contribution in [2.75, 3.05) is 11.9 Å². The van der Waals surface area contributed by atoms with E-state index >= 15 is 0 Å². The van der Waals surface area contributed by atoms with Crippen LogP contribution in [-0.4, -0.2) is 27.6 Å². The molecule has 0 unspecified atom stereocenters. The minimum absolute atomic E-state index is 0.0328. The quantitative estimate of drug-likeness (QED) is 0.496. The molecule has 0 aliphatic rings. The summed E-state index contributed by atoms with van der Waals surface area (Å²) in [6.07, 6.45) is 1.62. The van der Waals surface area contributed by atoms with Crippen LogP contribution in [0.5, 0.6) is 11.5 Å². The van der Waals surface area contributed by atoms with Gasteiger partial charge in [-0.15, -0.1) is 0 Å². The molecule has 0 aliphatic carbocycles. The number of phenolic OH excluding ortho intramolecular Hbond substituents is 1. The van der Waals surface area contributed by atoms with Gasteiger partial charge >= 0.3 is 0 Å². The number of pyridine rings is 1. The van der Waals surface area contributed by atoms with Gasteiger partial charge in [-0.25, -0.2) is 4.98 Å². The molecular weight excluding hydrogens is 370 g/mol.